The highest BCUT2D eigenvalue weighted by atomic mass is 35.5. The smallest absolute Gasteiger partial charge is 0.127 e. The van der Waals surface area contributed by atoms with Crippen molar-refractivity contribution in [2.24, 2.45) is 5.84 Å². The molecule has 21 heavy (non-hydrogen) atoms. The van der Waals surface area contributed by atoms with Gasteiger partial charge in [-0.05, 0) is 43.4 Å². The number of hydrogen-bond donors (Lipinski definition) is 2. The first-order valence-corrected chi connectivity index (χ1v) is 7.51. The summed E-state index contributed by atoms with van der Waals surface area (Å²) in [6.07, 6.45) is 3.35. The molecule has 1 atom stereocenters. The van der Waals surface area contributed by atoms with Gasteiger partial charge in [-0.25, -0.2) is 4.39 Å². The Bertz CT molecular complexity index is 540. The molecule has 2 rings (SSSR count). The van der Waals surface area contributed by atoms with Crippen molar-refractivity contribution in [1.29, 1.82) is 0 Å². The molecule has 2 aromatic carbocycles. The number of nitrogens with one attached hydrogen (secondary N) is 1. The van der Waals surface area contributed by atoms with Crippen molar-refractivity contribution in [3.8, 4) is 0 Å². The van der Waals surface area contributed by atoms with Gasteiger partial charge in [0.2, 0.25) is 0 Å². The summed E-state index contributed by atoms with van der Waals surface area (Å²) in [5, 5.41) is 0.457. The topological polar surface area (TPSA) is 38.0 Å². The summed E-state index contributed by atoms with van der Waals surface area (Å²) in [5.41, 5.74) is 4.60. The number of aryl methyl sites for hydroxylation is 1. The van der Waals surface area contributed by atoms with Crippen molar-refractivity contribution in [2.75, 3.05) is 0 Å². The minimum absolute atomic E-state index is 0.0168. The third kappa shape index (κ3) is 4.81. The van der Waals surface area contributed by atoms with Crippen molar-refractivity contribution >= 4 is 11.6 Å². The first-order chi connectivity index (χ1) is 10.2. The molecule has 2 aromatic rings. The van der Waals surface area contributed by atoms with Gasteiger partial charge in [0.1, 0.15) is 5.82 Å². The summed E-state index contributed by atoms with van der Waals surface area (Å²) in [5.74, 6) is 5.31. The summed E-state index contributed by atoms with van der Waals surface area (Å²) in [6.45, 7) is 0. The monoisotopic (exact) mass is 306 g/mol. The summed E-state index contributed by atoms with van der Waals surface area (Å²) in [6, 6.07) is 15.1. The second-order valence-electron chi connectivity index (χ2n) is 5.15. The van der Waals surface area contributed by atoms with E-state index in [1.807, 2.05) is 18.2 Å². The predicted molar refractivity (Wildman–Crippen MR) is 85.6 cm³/mol. The normalized spacial score (nSPS) is 12.3. The number of nitrogens with two attached hydrogens (primary N) is 1. The van der Waals surface area contributed by atoms with Crippen molar-refractivity contribution in [3.63, 3.8) is 0 Å². The number of hydrogen-bond acceptors (Lipinski definition) is 2. The van der Waals surface area contributed by atoms with Crippen molar-refractivity contribution in [2.45, 2.75) is 31.7 Å². The van der Waals surface area contributed by atoms with E-state index >= 15 is 0 Å². The molecule has 0 bridgehead atoms. The lowest BCUT2D eigenvalue weighted by Gasteiger charge is -2.17. The van der Waals surface area contributed by atoms with Gasteiger partial charge in [0.05, 0.1) is 0 Å². The molecule has 1 unspecified atom stereocenters. The van der Waals surface area contributed by atoms with Crippen LogP contribution in [0.25, 0.3) is 0 Å². The minimum Gasteiger partial charge on any atom is -0.271 e. The van der Waals surface area contributed by atoms with Gasteiger partial charge in [-0.15, -0.1) is 0 Å². The van der Waals surface area contributed by atoms with Crippen molar-refractivity contribution in [3.05, 3.63) is 70.5 Å². The molecular weight excluding hydrogens is 287 g/mol. The molecule has 0 spiro atoms. The van der Waals surface area contributed by atoms with E-state index < -0.39 is 0 Å². The highest BCUT2D eigenvalue weighted by Crippen LogP contribution is 2.21. The number of rotatable bonds is 7. The highest BCUT2D eigenvalue weighted by molar-refractivity contribution is 6.31. The van der Waals surface area contributed by atoms with E-state index in [1.165, 1.54) is 11.6 Å². The molecule has 0 fully saturated rings. The molecule has 3 N–H and O–H groups in total. The average Bonchev–Trinajstić information content (AvgIpc) is 2.50. The first-order valence-electron chi connectivity index (χ1n) is 7.13. The lowest BCUT2D eigenvalue weighted by Crippen LogP contribution is -2.37. The van der Waals surface area contributed by atoms with Crippen LogP contribution in [0.2, 0.25) is 5.02 Å². The van der Waals surface area contributed by atoms with E-state index in [2.05, 4.69) is 17.6 Å². The van der Waals surface area contributed by atoms with Crippen LogP contribution >= 0.6 is 11.6 Å². The Morgan fingerprint density at radius 2 is 1.86 bits per heavy atom. The molecule has 0 heterocycles. The zero-order chi connectivity index (χ0) is 15.1. The van der Waals surface area contributed by atoms with E-state index in [4.69, 9.17) is 17.4 Å². The fourth-order valence-corrected chi connectivity index (χ4v) is 2.66. The van der Waals surface area contributed by atoms with Crippen LogP contribution in [0.1, 0.15) is 24.0 Å². The molecule has 0 aliphatic carbocycles. The van der Waals surface area contributed by atoms with Crippen molar-refractivity contribution < 1.29 is 4.39 Å². The SMILES string of the molecule is NNC(CCCc1ccccc1)Cc1c(F)cccc1Cl. The van der Waals surface area contributed by atoms with Crippen LogP contribution in [-0.4, -0.2) is 6.04 Å². The standard InChI is InChI=1S/C17H20ClFN2/c18-16-10-5-11-17(19)15(16)12-14(21-20)9-4-8-13-6-2-1-3-7-13/h1-3,5-7,10-11,14,21H,4,8-9,12,20H2. The maximum absolute atomic E-state index is 13.8. The summed E-state index contributed by atoms with van der Waals surface area (Å²) < 4.78 is 13.8. The second kappa shape index (κ2) is 8.13. The van der Waals surface area contributed by atoms with Crippen LogP contribution in [0, 0.1) is 5.82 Å². The lowest BCUT2D eigenvalue weighted by atomic mass is 9.99. The number of benzene rings is 2. The highest BCUT2D eigenvalue weighted by Gasteiger charge is 2.13. The Morgan fingerprint density at radius 3 is 2.52 bits per heavy atom. The maximum Gasteiger partial charge on any atom is 0.127 e. The van der Waals surface area contributed by atoms with Gasteiger partial charge in [0.15, 0.2) is 0 Å². The van der Waals surface area contributed by atoms with Crippen LogP contribution in [0.5, 0.6) is 0 Å². The number of hydrazine groups is 1. The zero-order valence-corrected chi connectivity index (χ0v) is 12.6. The molecule has 0 aliphatic rings. The van der Waals surface area contributed by atoms with Gasteiger partial charge < -0.3 is 0 Å². The van der Waals surface area contributed by atoms with Gasteiger partial charge in [0, 0.05) is 16.6 Å². The molecule has 2 nitrogen and oxygen atoms in total. The summed E-state index contributed by atoms with van der Waals surface area (Å²) in [7, 11) is 0. The quantitative estimate of drug-likeness (QED) is 0.602. The average molecular weight is 307 g/mol. The minimum atomic E-state index is -0.272. The Morgan fingerprint density at radius 1 is 1.10 bits per heavy atom. The summed E-state index contributed by atoms with van der Waals surface area (Å²) >= 11 is 6.05. The molecule has 0 amide bonds. The van der Waals surface area contributed by atoms with E-state index in [9.17, 15) is 4.39 Å². The zero-order valence-electron chi connectivity index (χ0n) is 11.9. The fraction of sp³-hybridized carbons (Fsp3) is 0.294. The molecule has 0 radical (unpaired) electrons. The molecule has 4 heteroatoms. The van der Waals surface area contributed by atoms with Crippen LogP contribution in [-0.2, 0) is 12.8 Å². The maximum atomic E-state index is 13.8. The molecule has 0 aromatic heterocycles. The molecule has 0 saturated carbocycles. The number of halogens is 2. The third-order valence-corrected chi connectivity index (χ3v) is 3.96. The molecule has 0 saturated heterocycles. The van der Waals surface area contributed by atoms with E-state index in [0.717, 1.165) is 19.3 Å². The van der Waals surface area contributed by atoms with Crippen molar-refractivity contribution in [1.82, 2.24) is 5.43 Å². The van der Waals surface area contributed by atoms with Gasteiger partial charge in [-0.3, -0.25) is 11.3 Å². The Kier molecular flexibility index (Phi) is 6.18. The largest absolute Gasteiger partial charge is 0.271 e. The van der Waals surface area contributed by atoms with Crippen LogP contribution in [0.3, 0.4) is 0 Å². The van der Waals surface area contributed by atoms with E-state index in [0.29, 0.717) is 17.0 Å². The molecule has 0 aliphatic heterocycles. The Hall–Kier alpha value is -1.42. The molecular formula is C17H20ClFN2. The Labute approximate surface area is 130 Å². The summed E-state index contributed by atoms with van der Waals surface area (Å²) in [4.78, 5) is 0. The fourth-order valence-electron chi connectivity index (χ4n) is 2.42. The van der Waals surface area contributed by atoms with Gasteiger partial charge >= 0.3 is 0 Å². The predicted octanol–water partition coefficient (Wildman–Crippen LogP) is 3.88. The van der Waals surface area contributed by atoms with E-state index in [-0.39, 0.29) is 11.9 Å². The van der Waals surface area contributed by atoms with Gasteiger partial charge in [0.25, 0.3) is 0 Å². The first kappa shape index (κ1) is 16.0. The van der Waals surface area contributed by atoms with Gasteiger partial charge in [-0.2, -0.15) is 0 Å². The van der Waals surface area contributed by atoms with Crippen LogP contribution in [0.4, 0.5) is 4.39 Å². The van der Waals surface area contributed by atoms with Gasteiger partial charge in [-0.1, -0.05) is 48.0 Å². The lowest BCUT2D eigenvalue weighted by molar-refractivity contribution is 0.467. The van der Waals surface area contributed by atoms with Crippen LogP contribution < -0.4 is 11.3 Å². The van der Waals surface area contributed by atoms with E-state index in [1.54, 1.807) is 12.1 Å². The molecule has 112 valence electrons. The third-order valence-electron chi connectivity index (χ3n) is 3.61. The van der Waals surface area contributed by atoms with Crippen LogP contribution in [0.15, 0.2) is 48.5 Å². The Balaban J connectivity index is 1.89. The second-order valence-corrected chi connectivity index (χ2v) is 5.55.